The summed E-state index contributed by atoms with van der Waals surface area (Å²) in [5.74, 6) is 0.446. The third-order valence-electron chi connectivity index (χ3n) is 5.07. The summed E-state index contributed by atoms with van der Waals surface area (Å²) in [5.41, 5.74) is 6.03. The summed E-state index contributed by atoms with van der Waals surface area (Å²) in [6.45, 7) is 2.17. The summed E-state index contributed by atoms with van der Waals surface area (Å²) in [7, 11) is 2.20. The topological polar surface area (TPSA) is 16.4 Å². The van der Waals surface area contributed by atoms with Crippen molar-refractivity contribution in [3.8, 4) is 0 Å². The Morgan fingerprint density at radius 2 is 1.91 bits per heavy atom. The number of fused-ring (bicyclic) bond motifs is 7. The van der Waals surface area contributed by atoms with Crippen molar-refractivity contribution in [3.63, 3.8) is 0 Å². The van der Waals surface area contributed by atoms with Gasteiger partial charge in [-0.3, -0.25) is 0 Å². The van der Waals surface area contributed by atoms with E-state index in [1.807, 2.05) is 12.1 Å². The van der Waals surface area contributed by atoms with E-state index in [0.717, 1.165) is 11.2 Å². The molecule has 5 rings (SSSR count). The van der Waals surface area contributed by atoms with Gasteiger partial charge < -0.3 is 9.32 Å². The van der Waals surface area contributed by atoms with E-state index < -0.39 is 0 Å². The molecule has 3 aromatic rings. The number of rotatable bonds is 0. The summed E-state index contributed by atoms with van der Waals surface area (Å²) in [4.78, 5) is 2.41. The minimum absolute atomic E-state index is 0.416. The molecule has 0 saturated heterocycles. The van der Waals surface area contributed by atoms with Gasteiger partial charge in [-0.2, -0.15) is 0 Å². The van der Waals surface area contributed by atoms with Gasteiger partial charge in [0, 0.05) is 18.4 Å². The van der Waals surface area contributed by atoms with Crippen molar-refractivity contribution in [3.05, 3.63) is 65.8 Å². The van der Waals surface area contributed by atoms with Crippen molar-refractivity contribution in [1.29, 1.82) is 0 Å². The van der Waals surface area contributed by atoms with Gasteiger partial charge in [-0.25, -0.2) is 0 Å². The van der Waals surface area contributed by atoms with Crippen LogP contribution in [0.25, 0.3) is 21.9 Å². The lowest BCUT2D eigenvalue weighted by atomic mass is 9.89. The lowest BCUT2D eigenvalue weighted by Gasteiger charge is -2.25. The van der Waals surface area contributed by atoms with E-state index in [0.29, 0.717) is 12.0 Å². The van der Waals surface area contributed by atoms with E-state index in [4.69, 9.17) is 4.42 Å². The molecular formula is C20H17NO. The van der Waals surface area contributed by atoms with Gasteiger partial charge in [-0.1, -0.05) is 48.1 Å². The number of likely N-dealkylation sites (N-methyl/N-ethyl adjacent to an activating group) is 1. The van der Waals surface area contributed by atoms with E-state index in [9.17, 15) is 0 Å². The largest absolute Gasteiger partial charge is 0.456 e. The molecule has 2 atom stereocenters. The quantitative estimate of drug-likeness (QED) is 0.578. The van der Waals surface area contributed by atoms with Crippen LogP contribution in [0.1, 0.15) is 18.4 Å². The van der Waals surface area contributed by atoms with Crippen molar-refractivity contribution in [2.75, 3.05) is 11.9 Å². The second-order valence-corrected chi connectivity index (χ2v) is 6.37. The highest BCUT2D eigenvalue weighted by Gasteiger charge is 2.37. The first kappa shape index (κ1) is 12.1. The Balaban J connectivity index is 1.88. The number of para-hydroxylation sites is 1. The first-order valence-electron chi connectivity index (χ1n) is 7.77. The Morgan fingerprint density at radius 1 is 1.05 bits per heavy atom. The first-order chi connectivity index (χ1) is 10.7. The fourth-order valence-corrected chi connectivity index (χ4v) is 4.05. The predicted octanol–water partition coefficient (Wildman–Crippen LogP) is 5.00. The summed E-state index contributed by atoms with van der Waals surface area (Å²) >= 11 is 0. The fraction of sp³-hybridized carbons (Fsp3) is 0.200. The molecule has 0 saturated carbocycles. The normalized spacial score (nSPS) is 23.0. The van der Waals surface area contributed by atoms with E-state index in [2.05, 4.69) is 61.4 Å². The predicted molar refractivity (Wildman–Crippen MR) is 91.5 cm³/mol. The van der Waals surface area contributed by atoms with E-state index in [1.54, 1.807) is 0 Å². The number of nitrogens with zero attached hydrogens (tertiary/aromatic N) is 1. The zero-order chi connectivity index (χ0) is 14.8. The van der Waals surface area contributed by atoms with Crippen molar-refractivity contribution in [2.45, 2.75) is 18.9 Å². The lowest BCUT2D eigenvalue weighted by molar-refractivity contribution is 0.669. The number of benzene rings is 2. The summed E-state index contributed by atoms with van der Waals surface area (Å²) in [5, 5.41) is 2.47. The van der Waals surface area contributed by atoms with Gasteiger partial charge >= 0.3 is 0 Å². The van der Waals surface area contributed by atoms with Gasteiger partial charge in [0.15, 0.2) is 0 Å². The zero-order valence-corrected chi connectivity index (χ0v) is 12.7. The average Bonchev–Trinajstić information content (AvgIpc) is 3.03. The minimum Gasteiger partial charge on any atom is -0.456 e. The van der Waals surface area contributed by atoms with Crippen molar-refractivity contribution in [1.82, 2.24) is 0 Å². The van der Waals surface area contributed by atoms with Gasteiger partial charge in [-0.15, -0.1) is 0 Å². The molecule has 22 heavy (non-hydrogen) atoms. The molecule has 2 aromatic carbocycles. The van der Waals surface area contributed by atoms with Crippen molar-refractivity contribution < 1.29 is 4.42 Å². The maximum atomic E-state index is 6.04. The smallest absolute Gasteiger partial charge is 0.137 e. The van der Waals surface area contributed by atoms with Crippen LogP contribution in [0.3, 0.4) is 0 Å². The Kier molecular flexibility index (Phi) is 2.22. The number of hydrogen-bond donors (Lipinski definition) is 0. The van der Waals surface area contributed by atoms with Crippen LogP contribution < -0.4 is 4.90 Å². The minimum atomic E-state index is 0.416. The fourth-order valence-electron chi connectivity index (χ4n) is 4.05. The molecule has 2 aliphatic rings. The molecule has 1 aromatic heterocycles. The standard InChI is InChI=1S/C20H17NO/c1-12-7-8-13-14-9-10-18-19(20(14)21(2)16(13)11-12)15-5-3-4-6-17(15)22-18/h3-11,13,16H,1-2H3. The summed E-state index contributed by atoms with van der Waals surface area (Å²) in [6, 6.07) is 13.1. The molecule has 1 aliphatic carbocycles. The number of anilines is 1. The molecule has 1 aliphatic heterocycles. The van der Waals surface area contributed by atoms with Gasteiger partial charge in [-0.05, 0) is 24.6 Å². The second kappa shape index (κ2) is 4.04. The van der Waals surface area contributed by atoms with E-state index in [1.165, 1.54) is 27.6 Å². The third-order valence-corrected chi connectivity index (χ3v) is 5.07. The van der Waals surface area contributed by atoms with Gasteiger partial charge in [0.25, 0.3) is 0 Å². The third kappa shape index (κ3) is 1.40. The molecule has 0 amide bonds. The molecule has 2 heterocycles. The molecule has 0 radical (unpaired) electrons. The average molecular weight is 287 g/mol. The molecule has 0 N–H and O–H groups in total. The van der Waals surface area contributed by atoms with E-state index >= 15 is 0 Å². The second-order valence-electron chi connectivity index (χ2n) is 6.37. The highest BCUT2D eigenvalue weighted by atomic mass is 16.3. The first-order valence-corrected chi connectivity index (χ1v) is 7.77. The van der Waals surface area contributed by atoms with Crippen LogP contribution in [0.2, 0.25) is 0 Å². The van der Waals surface area contributed by atoms with Crippen LogP contribution in [0, 0.1) is 0 Å². The SMILES string of the molecule is CC1=CC2C(C=C1)c1ccc3oc4ccccc4c3c1N2C. The van der Waals surface area contributed by atoms with Crippen LogP contribution in [0.4, 0.5) is 5.69 Å². The monoisotopic (exact) mass is 287 g/mol. The van der Waals surface area contributed by atoms with Crippen LogP contribution in [-0.2, 0) is 0 Å². The molecule has 0 fully saturated rings. The molecule has 2 nitrogen and oxygen atoms in total. The molecule has 2 unspecified atom stereocenters. The molecule has 0 bridgehead atoms. The molecule has 108 valence electrons. The highest BCUT2D eigenvalue weighted by Crippen LogP contribution is 2.49. The number of allylic oxidation sites excluding steroid dienone is 2. The maximum absolute atomic E-state index is 6.04. The Hall–Kier alpha value is -2.48. The van der Waals surface area contributed by atoms with Crippen molar-refractivity contribution in [2.24, 2.45) is 0 Å². The van der Waals surface area contributed by atoms with Gasteiger partial charge in [0.2, 0.25) is 0 Å². The number of hydrogen-bond acceptors (Lipinski definition) is 2. The van der Waals surface area contributed by atoms with Crippen LogP contribution in [-0.4, -0.2) is 13.1 Å². The Bertz CT molecular complexity index is 976. The lowest BCUT2D eigenvalue weighted by Crippen LogP contribution is -2.29. The van der Waals surface area contributed by atoms with Crippen LogP contribution >= 0.6 is 0 Å². The maximum Gasteiger partial charge on any atom is 0.137 e. The Morgan fingerprint density at radius 3 is 2.82 bits per heavy atom. The Labute approximate surface area is 129 Å². The summed E-state index contributed by atoms with van der Waals surface area (Å²) in [6.07, 6.45) is 6.96. The van der Waals surface area contributed by atoms with Crippen LogP contribution in [0.15, 0.2) is 64.6 Å². The molecular weight excluding hydrogens is 270 g/mol. The van der Waals surface area contributed by atoms with E-state index in [-0.39, 0.29) is 0 Å². The highest BCUT2D eigenvalue weighted by molar-refractivity contribution is 6.13. The van der Waals surface area contributed by atoms with Crippen LogP contribution in [0.5, 0.6) is 0 Å². The summed E-state index contributed by atoms with van der Waals surface area (Å²) < 4.78 is 6.04. The van der Waals surface area contributed by atoms with Gasteiger partial charge in [0.1, 0.15) is 11.2 Å². The van der Waals surface area contributed by atoms with Gasteiger partial charge in [0.05, 0.1) is 17.1 Å². The molecule has 0 spiro atoms. The number of furan rings is 1. The molecule has 2 heteroatoms. The zero-order valence-electron chi connectivity index (χ0n) is 12.7. The van der Waals surface area contributed by atoms with Crippen molar-refractivity contribution >= 4 is 27.6 Å².